The summed E-state index contributed by atoms with van der Waals surface area (Å²) in [7, 11) is -0.719. The van der Waals surface area contributed by atoms with Gasteiger partial charge in [-0.2, -0.15) is 0 Å². The number of nitrogens with one attached hydrogen (secondary N) is 1. The van der Waals surface area contributed by atoms with Crippen LogP contribution in [0.25, 0.3) is 0 Å². The van der Waals surface area contributed by atoms with E-state index in [4.69, 9.17) is 20.6 Å². The van der Waals surface area contributed by atoms with E-state index < -0.39 is 13.6 Å². The summed E-state index contributed by atoms with van der Waals surface area (Å²) in [5, 5.41) is 3.33. The second-order valence-electron chi connectivity index (χ2n) is 5.07. The monoisotopic (exact) mass is 367 g/mol. The molecule has 0 heterocycles. The smallest absolute Gasteiger partial charge is 0.332 e. The highest BCUT2D eigenvalue weighted by Gasteiger charge is 2.30. The van der Waals surface area contributed by atoms with Gasteiger partial charge >= 0.3 is 7.60 Å². The SMILES string of the molecule is COP(=O)(C[C@H](NC(=O)c1ccccc1)c1ccccc1Cl)OC. The first kappa shape index (κ1) is 18.7. The minimum absolute atomic E-state index is 0.0255. The van der Waals surface area contributed by atoms with Crippen molar-refractivity contribution in [3.8, 4) is 0 Å². The Morgan fingerprint density at radius 2 is 1.67 bits per heavy atom. The molecule has 2 aromatic carbocycles. The molecule has 1 N–H and O–H groups in total. The Balaban J connectivity index is 2.31. The average molecular weight is 368 g/mol. The summed E-state index contributed by atoms with van der Waals surface area (Å²) >= 11 is 6.24. The normalized spacial score (nSPS) is 12.6. The van der Waals surface area contributed by atoms with E-state index in [1.807, 2.05) is 6.07 Å². The third-order valence-corrected chi connectivity index (χ3v) is 5.85. The number of hydrogen-bond donors (Lipinski definition) is 1. The summed E-state index contributed by atoms with van der Waals surface area (Å²) in [4.78, 5) is 12.5. The molecule has 0 saturated carbocycles. The summed E-state index contributed by atoms with van der Waals surface area (Å²) in [6.07, 6.45) is -0.0255. The molecule has 0 unspecified atom stereocenters. The fraction of sp³-hybridized carbons (Fsp3) is 0.235. The fourth-order valence-corrected chi connectivity index (χ4v) is 3.71. The molecule has 24 heavy (non-hydrogen) atoms. The zero-order chi connectivity index (χ0) is 17.6. The maximum Gasteiger partial charge on any atom is 0.332 e. The van der Waals surface area contributed by atoms with Crippen molar-refractivity contribution in [3.05, 3.63) is 70.7 Å². The molecule has 0 saturated heterocycles. The lowest BCUT2D eigenvalue weighted by atomic mass is 10.1. The Kier molecular flexibility index (Phi) is 6.58. The van der Waals surface area contributed by atoms with Crippen LogP contribution in [0, 0.1) is 0 Å². The quantitative estimate of drug-likeness (QED) is 0.741. The van der Waals surface area contributed by atoms with Crippen LogP contribution in [-0.4, -0.2) is 26.3 Å². The minimum Gasteiger partial charge on any atom is -0.345 e. The summed E-state index contributed by atoms with van der Waals surface area (Å²) in [5.74, 6) is -0.292. The second-order valence-corrected chi connectivity index (χ2v) is 7.80. The first-order valence-electron chi connectivity index (χ1n) is 7.30. The number of rotatable bonds is 7. The Morgan fingerprint density at radius 1 is 1.08 bits per heavy atom. The molecular formula is C17H19ClNO4P. The van der Waals surface area contributed by atoms with E-state index in [1.54, 1.807) is 48.5 Å². The summed E-state index contributed by atoms with van der Waals surface area (Å²) < 4.78 is 22.5. The van der Waals surface area contributed by atoms with Crippen molar-refractivity contribution in [1.82, 2.24) is 5.32 Å². The lowest BCUT2D eigenvalue weighted by molar-refractivity contribution is 0.0939. The minimum atomic E-state index is -3.34. The van der Waals surface area contributed by atoms with Gasteiger partial charge in [-0.1, -0.05) is 48.0 Å². The van der Waals surface area contributed by atoms with Crippen LogP contribution in [0.2, 0.25) is 5.02 Å². The number of carbonyl (C=O) groups excluding carboxylic acids is 1. The summed E-state index contributed by atoms with van der Waals surface area (Å²) in [5.41, 5.74) is 1.15. The molecule has 0 spiro atoms. The molecule has 2 aromatic rings. The van der Waals surface area contributed by atoms with E-state index in [2.05, 4.69) is 5.32 Å². The predicted molar refractivity (Wildman–Crippen MR) is 94.6 cm³/mol. The summed E-state index contributed by atoms with van der Waals surface area (Å²) in [6.45, 7) is 0. The fourth-order valence-electron chi connectivity index (χ4n) is 2.26. The highest BCUT2D eigenvalue weighted by Crippen LogP contribution is 2.49. The van der Waals surface area contributed by atoms with Gasteiger partial charge in [0, 0.05) is 24.8 Å². The first-order chi connectivity index (χ1) is 11.5. The van der Waals surface area contributed by atoms with Gasteiger partial charge in [0.25, 0.3) is 5.91 Å². The van der Waals surface area contributed by atoms with E-state index in [0.717, 1.165) is 0 Å². The molecule has 5 nitrogen and oxygen atoms in total. The Bertz CT molecular complexity index is 730. The lowest BCUT2D eigenvalue weighted by Crippen LogP contribution is -2.31. The maximum absolute atomic E-state index is 12.5. The number of carbonyl (C=O) groups is 1. The molecular weight excluding hydrogens is 349 g/mol. The van der Waals surface area contributed by atoms with Crippen molar-refractivity contribution < 1.29 is 18.4 Å². The van der Waals surface area contributed by atoms with E-state index >= 15 is 0 Å². The van der Waals surface area contributed by atoms with E-state index in [0.29, 0.717) is 16.1 Å². The summed E-state index contributed by atoms with van der Waals surface area (Å²) in [6, 6.07) is 15.2. The van der Waals surface area contributed by atoms with Crippen molar-refractivity contribution in [2.75, 3.05) is 20.4 Å². The van der Waals surface area contributed by atoms with Crippen molar-refractivity contribution >= 4 is 25.1 Å². The number of amides is 1. The van der Waals surface area contributed by atoms with Gasteiger partial charge in [0.05, 0.1) is 12.2 Å². The number of hydrogen-bond acceptors (Lipinski definition) is 4. The van der Waals surface area contributed by atoms with Crippen LogP contribution in [0.1, 0.15) is 22.0 Å². The zero-order valence-corrected chi connectivity index (χ0v) is 15.1. The molecule has 1 atom stereocenters. The van der Waals surface area contributed by atoms with Gasteiger partial charge < -0.3 is 14.4 Å². The van der Waals surface area contributed by atoms with Gasteiger partial charge in [-0.3, -0.25) is 9.36 Å². The second kappa shape index (κ2) is 8.45. The maximum atomic E-state index is 12.5. The van der Waals surface area contributed by atoms with Gasteiger partial charge in [-0.25, -0.2) is 0 Å². The van der Waals surface area contributed by atoms with Crippen LogP contribution in [0.15, 0.2) is 54.6 Å². The number of benzene rings is 2. The lowest BCUT2D eigenvalue weighted by Gasteiger charge is -2.24. The third kappa shape index (κ3) is 4.68. The van der Waals surface area contributed by atoms with Crippen molar-refractivity contribution in [1.29, 1.82) is 0 Å². The van der Waals surface area contributed by atoms with Gasteiger partial charge in [0.2, 0.25) is 0 Å². The molecule has 0 fully saturated rings. The molecule has 128 valence electrons. The van der Waals surface area contributed by atoms with Crippen molar-refractivity contribution in [3.63, 3.8) is 0 Å². The van der Waals surface area contributed by atoms with Gasteiger partial charge in [-0.15, -0.1) is 0 Å². The molecule has 0 aromatic heterocycles. The predicted octanol–water partition coefficient (Wildman–Crippen LogP) is 4.30. The van der Waals surface area contributed by atoms with Crippen molar-refractivity contribution in [2.45, 2.75) is 6.04 Å². The molecule has 2 rings (SSSR count). The van der Waals surface area contributed by atoms with Crippen LogP contribution in [-0.2, 0) is 13.6 Å². The first-order valence-corrected chi connectivity index (χ1v) is 9.40. The topological polar surface area (TPSA) is 64.6 Å². The molecule has 7 heteroatoms. The van der Waals surface area contributed by atoms with Gasteiger partial charge in [0.1, 0.15) is 0 Å². The molecule has 0 bridgehead atoms. The Labute approximate surface area is 146 Å². The molecule has 0 aliphatic rings. The van der Waals surface area contributed by atoms with E-state index in [9.17, 15) is 9.36 Å². The zero-order valence-electron chi connectivity index (χ0n) is 13.4. The number of halogens is 1. The molecule has 0 aliphatic heterocycles. The molecule has 0 radical (unpaired) electrons. The molecule has 1 amide bonds. The van der Waals surface area contributed by atoms with Crippen LogP contribution >= 0.6 is 19.2 Å². The Hall–Kier alpha value is -1.65. The molecule has 0 aliphatic carbocycles. The van der Waals surface area contributed by atoms with E-state index in [1.165, 1.54) is 14.2 Å². The van der Waals surface area contributed by atoms with E-state index in [-0.39, 0.29) is 12.1 Å². The third-order valence-electron chi connectivity index (χ3n) is 3.58. The highest BCUT2D eigenvalue weighted by molar-refractivity contribution is 7.53. The van der Waals surface area contributed by atoms with Crippen LogP contribution in [0.3, 0.4) is 0 Å². The van der Waals surface area contributed by atoms with Crippen molar-refractivity contribution in [2.24, 2.45) is 0 Å². The van der Waals surface area contributed by atoms with Crippen LogP contribution in [0.4, 0.5) is 0 Å². The average Bonchev–Trinajstić information content (AvgIpc) is 2.62. The van der Waals surface area contributed by atoms with Crippen LogP contribution in [0.5, 0.6) is 0 Å². The van der Waals surface area contributed by atoms with Crippen LogP contribution < -0.4 is 5.32 Å². The Morgan fingerprint density at radius 3 is 2.25 bits per heavy atom. The highest BCUT2D eigenvalue weighted by atomic mass is 35.5. The largest absolute Gasteiger partial charge is 0.345 e. The van der Waals surface area contributed by atoms with Gasteiger partial charge in [0.15, 0.2) is 0 Å². The standard InChI is InChI=1S/C17H19ClNO4P/c1-22-24(21,23-2)12-16(14-10-6-7-11-15(14)18)19-17(20)13-8-4-3-5-9-13/h3-11,16H,12H2,1-2H3,(H,19,20)/t16-/m0/s1. The van der Waals surface area contributed by atoms with Gasteiger partial charge in [-0.05, 0) is 23.8 Å².